The van der Waals surface area contributed by atoms with Gasteiger partial charge in [0.05, 0.1) is 18.2 Å². The number of aliphatic hydroxyl groups excluding tert-OH is 2. The first-order chi connectivity index (χ1) is 9.09. The van der Waals surface area contributed by atoms with Crippen molar-refractivity contribution in [1.82, 2.24) is 4.98 Å². The first-order valence-corrected chi connectivity index (χ1v) is 7.60. The average molecular weight is 342 g/mol. The molecule has 0 aliphatic heterocycles. The summed E-state index contributed by atoms with van der Waals surface area (Å²) in [6.07, 6.45) is 2.41. The smallest absolute Gasteiger partial charge is 0.0896 e. The largest absolute Gasteiger partial charge is 0.395 e. The van der Waals surface area contributed by atoms with E-state index in [1.165, 1.54) is 0 Å². The number of aryl methyl sites for hydroxylation is 1. The van der Waals surface area contributed by atoms with Crippen molar-refractivity contribution in [3.8, 4) is 0 Å². The maximum atomic E-state index is 9.78. The molecule has 5 heteroatoms. The summed E-state index contributed by atoms with van der Waals surface area (Å²) < 4.78 is 0.981. The van der Waals surface area contributed by atoms with Gasteiger partial charge in [-0.05, 0) is 31.0 Å². The van der Waals surface area contributed by atoms with Crippen molar-refractivity contribution in [3.63, 3.8) is 0 Å². The Morgan fingerprint density at radius 3 is 2.32 bits per heavy atom. The maximum absolute atomic E-state index is 9.78. The minimum atomic E-state index is -0.653. The van der Waals surface area contributed by atoms with Crippen molar-refractivity contribution >= 4 is 27.3 Å². The number of rotatable bonds is 5. The van der Waals surface area contributed by atoms with E-state index in [0.717, 1.165) is 19.9 Å². The van der Waals surface area contributed by atoms with Crippen LogP contribution in [0, 0.1) is 6.92 Å². The van der Waals surface area contributed by atoms with E-state index in [2.05, 4.69) is 20.9 Å². The number of hydrogen-bond donors (Lipinski definition) is 2. The third-order valence-corrected chi connectivity index (χ3v) is 4.69. The predicted octanol–water partition coefficient (Wildman–Crippen LogP) is 2.68. The van der Waals surface area contributed by atoms with E-state index in [1.807, 2.05) is 37.4 Å². The molecule has 0 unspecified atom stereocenters. The number of halogens is 1. The molecule has 0 bridgehead atoms. The van der Waals surface area contributed by atoms with E-state index >= 15 is 0 Å². The summed E-state index contributed by atoms with van der Waals surface area (Å²) in [5.74, 6) is 0. The van der Waals surface area contributed by atoms with Crippen LogP contribution < -0.4 is 0 Å². The Morgan fingerprint density at radius 2 is 1.84 bits per heavy atom. The van der Waals surface area contributed by atoms with Gasteiger partial charge in [0.2, 0.25) is 0 Å². The van der Waals surface area contributed by atoms with Gasteiger partial charge in [0.25, 0.3) is 0 Å². The molecule has 0 radical (unpaired) electrons. The Bertz CT molecular complexity index is 535. The maximum Gasteiger partial charge on any atom is 0.0896 e. The molecule has 0 spiro atoms. The van der Waals surface area contributed by atoms with E-state index in [0.29, 0.717) is 6.42 Å². The number of aromatic nitrogens is 1. The molecule has 2 N–H and O–H groups in total. The number of nitrogens with zero attached hydrogens (tertiary/aromatic N) is 1. The molecule has 0 aliphatic rings. The second-order valence-corrected chi connectivity index (χ2v) is 6.86. The number of benzene rings is 1. The summed E-state index contributed by atoms with van der Waals surface area (Å²) in [5, 5.41) is 20.6. The minimum absolute atomic E-state index is 0.0952. The Labute approximate surface area is 125 Å². The second-order valence-electron chi connectivity index (χ2n) is 4.63. The lowest BCUT2D eigenvalue weighted by Crippen LogP contribution is -2.37. The van der Waals surface area contributed by atoms with Crippen LogP contribution >= 0.6 is 27.3 Å². The van der Waals surface area contributed by atoms with Gasteiger partial charge < -0.3 is 10.2 Å². The van der Waals surface area contributed by atoms with Crippen LogP contribution in [0.1, 0.15) is 15.4 Å². The third-order valence-electron chi connectivity index (χ3n) is 3.24. The molecule has 0 amide bonds. The highest BCUT2D eigenvalue weighted by molar-refractivity contribution is 9.10. The highest BCUT2D eigenvalue weighted by atomic mass is 79.9. The van der Waals surface area contributed by atoms with Crippen molar-refractivity contribution in [2.75, 3.05) is 13.2 Å². The van der Waals surface area contributed by atoms with Gasteiger partial charge in [-0.3, -0.25) is 0 Å². The molecule has 0 saturated carbocycles. The van der Waals surface area contributed by atoms with Gasteiger partial charge in [-0.25, -0.2) is 4.98 Å². The first kappa shape index (κ1) is 14.7. The fourth-order valence-corrected chi connectivity index (χ4v) is 3.27. The number of aliphatic hydroxyl groups is 2. The molecule has 0 fully saturated rings. The van der Waals surface area contributed by atoms with E-state index in [-0.39, 0.29) is 13.2 Å². The Hall–Kier alpha value is -0.750. The molecule has 102 valence electrons. The van der Waals surface area contributed by atoms with E-state index in [1.54, 1.807) is 11.3 Å². The molecule has 1 aromatic carbocycles. The molecule has 0 atom stereocenters. The molecule has 3 nitrogen and oxygen atoms in total. The summed E-state index contributed by atoms with van der Waals surface area (Å²) in [4.78, 5) is 5.30. The lowest BCUT2D eigenvalue weighted by Gasteiger charge is -2.30. The zero-order valence-electron chi connectivity index (χ0n) is 10.6. The molecule has 2 rings (SSSR count). The van der Waals surface area contributed by atoms with Gasteiger partial charge in [0.1, 0.15) is 0 Å². The standard InChI is InChI=1S/C14H16BrNO2S/c1-10-16-7-13(19-10)6-14(8-17,9-18)11-2-4-12(15)5-3-11/h2-5,7,17-18H,6,8-9H2,1H3. The van der Waals surface area contributed by atoms with Gasteiger partial charge in [-0.2, -0.15) is 0 Å². The fraction of sp³-hybridized carbons (Fsp3) is 0.357. The Balaban J connectivity index is 2.33. The van der Waals surface area contributed by atoms with Crippen LogP contribution in [0.4, 0.5) is 0 Å². The van der Waals surface area contributed by atoms with E-state index in [9.17, 15) is 10.2 Å². The zero-order valence-corrected chi connectivity index (χ0v) is 13.0. The van der Waals surface area contributed by atoms with E-state index in [4.69, 9.17) is 0 Å². The molecule has 0 saturated heterocycles. The molecule has 2 aromatic rings. The normalized spacial score (nSPS) is 11.8. The lowest BCUT2D eigenvalue weighted by atomic mass is 9.78. The second kappa shape index (κ2) is 6.13. The van der Waals surface area contributed by atoms with Crippen LogP contribution in [0.5, 0.6) is 0 Å². The number of hydrogen-bond acceptors (Lipinski definition) is 4. The summed E-state index contributed by atoms with van der Waals surface area (Å²) in [6.45, 7) is 1.76. The average Bonchev–Trinajstić information content (AvgIpc) is 2.82. The van der Waals surface area contributed by atoms with Gasteiger partial charge in [0, 0.05) is 21.0 Å². The zero-order chi connectivity index (χ0) is 13.9. The van der Waals surface area contributed by atoms with Crippen LogP contribution in [0.25, 0.3) is 0 Å². The Kier molecular flexibility index (Phi) is 4.73. The van der Waals surface area contributed by atoms with Gasteiger partial charge in [0.15, 0.2) is 0 Å². The van der Waals surface area contributed by atoms with E-state index < -0.39 is 5.41 Å². The summed E-state index contributed by atoms with van der Waals surface area (Å²) in [7, 11) is 0. The summed E-state index contributed by atoms with van der Waals surface area (Å²) in [5.41, 5.74) is 0.284. The highest BCUT2D eigenvalue weighted by Crippen LogP contribution is 2.30. The minimum Gasteiger partial charge on any atom is -0.395 e. The van der Waals surface area contributed by atoms with Gasteiger partial charge >= 0.3 is 0 Å². The predicted molar refractivity (Wildman–Crippen MR) is 80.5 cm³/mol. The number of thiazole rings is 1. The highest BCUT2D eigenvalue weighted by Gasteiger charge is 2.32. The van der Waals surface area contributed by atoms with Crippen molar-refractivity contribution in [2.45, 2.75) is 18.8 Å². The molecule has 19 heavy (non-hydrogen) atoms. The molecular formula is C14H16BrNO2S. The molecule has 0 aliphatic carbocycles. The monoisotopic (exact) mass is 341 g/mol. The molecule has 1 aromatic heterocycles. The van der Waals surface area contributed by atoms with Crippen LogP contribution in [0.3, 0.4) is 0 Å². The fourth-order valence-electron chi connectivity index (χ4n) is 2.07. The van der Waals surface area contributed by atoms with Crippen molar-refractivity contribution in [1.29, 1.82) is 0 Å². The van der Waals surface area contributed by atoms with Crippen molar-refractivity contribution < 1.29 is 10.2 Å². The SMILES string of the molecule is Cc1ncc(CC(CO)(CO)c2ccc(Br)cc2)s1. The first-order valence-electron chi connectivity index (χ1n) is 5.99. The van der Waals surface area contributed by atoms with Crippen LogP contribution in [-0.4, -0.2) is 28.4 Å². The topological polar surface area (TPSA) is 53.4 Å². The third kappa shape index (κ3) is 3.23. The van der Waals surface area contributed by atoms with Crippen LogP contribution in [-0.2, 0) is 11.8 Å². The summed E-state index contributed by atoms with van der Waals surface area (Å²) in [6, 6.07) is 7.72. The summed E-state index contributed by atoms with van der Waals surface area (Å²) >= 11 is 4.99. The lowest BCUT2D eigenvalue weighted by molar-refractivity contribution is 0.117. The quantitative estimate of drug-likeness (QED) is 0.878. The van der Waals surface area contributed by atoms with Crippen molar-refractivity contribution in [3.05, 3.63) is 50.4 Å². The van der Waals surface area contributed by atoms with Crippen LogP contribution in [0.15, 0.2) is 34.9 Å². The van der Waals surface area contributed by atoms with Gasteiger partial charge in [-0.15, -0.1) is 11.3 Å². The van der Waals surface area contributed by atoms with Gasteiger partial charge in [-0.1, -0.05) is 28.1 Å². The van der Waals surface area contributed by atoms with Crippen LogP contribution in [0.2, 0.25) is 0 Å². The molecule has 1 heterocycles. The molecular weight excluding hydrogens is 326 g/mol. The van der Waals surface area contributed by atoms with Crippen molar-refractivity contribution in [2.24, 2.45) is 0 Å². The Morgan fingerprint density at radius 1 is 1.21 bits per heavy atom.